The summed E-state index contributed by atoms with van der Waals surface area (Å²) >= 11 is 0. The summed E-state index contributed by atoms with van der Waals surface area (Å²) in [6.45, 7) is 0. The average Bonchev–Trinajstić information content (AvgIpc) is 3.46. The highest BCUT2D eigenvalue weighted by molar-refractivity contribution is 6.40. The Kier molecular flexibility index (Phi) is 4.24. The topological polar surface area (TPSA) is 26.0 Å². The van der Waals surface area contributed by atoms with Crippen molar-refractivity contribution in [1.29, 1.82) is 0 Å². The molecule has 150 valence electrons. The molecule has 1 aliphatic rings. The number of pyridine rings is 1. The molecule has 1 fully saturated rings. The van der Waals surface area contributed by atoms with Crippen molar-refractivity contribution < 1.29 is 4.42 Å². The third-order valence-corrected chi connectivity index (χ3v) is 7.51. The third kappa shape index (κ3) is 3.08. The maximum absolute atomic E-state index is 6.18. The van der Waals surface area contributed by atoms with Gasteiger partial charge in [-0.3, -0.25) is 4.98 Å². The van der Waals surface area contributed by atoms with Crippen molar-refractivity contribution in [1.82, 2.24) is 4.98 Å². The summed E-state index contributed by atoms with van der Waals surface area (Å²) in [5, 5.41) is 4.94. The quantitative estimate of drug-likeness (QED) is 0.378. The number of furan rings is 1. The smallest absolute Gasteiger partial charge is 0.136 e. The van der Waals surface area contributed by atoms with Gasteiger partial charge in [0.05, 0.1) is 5.69 Å². The summed E-state index contributed by atoms with van der Waals surface area (Å²) in [6, 6.07) is 23.8. The molecule has 5 aromatic rings. The summed E-state index contributed by atoms with van der Waals surface area (Å²) in [4.78, 5) is 4.74. The Morgan fingerprint density at radius 3 is 2.35 bits per heavy atom. The minimum atomic E-state index is 0.180. The van der Waals surface area contributed by atoms with E-state index < -0.39 is 0 Å². The van der Waals surface area contributed by atoms with Gasteiger partial charge in [0.1, 0.15) is 26.9 Å². The second kappa shape index (κ2) is 7.02. The van der Waals surface area contributed by atoms with E-state index in [0.717, 1.165) is 39.1 Å². The van der Waals surface area contributed by atoms with Crippen molar-refractivity contribution in [3.63, 3.8) is 0 Å². The molecule has 2 nitrogen and oxygen atoms in total. The predicted molar refractivity (Wildman–Crippen MR) is 135 cm³/mol. The van der Waals surface area contributed by atoms with E-state index in [1.807, 2.05) is 6.20 Å². The predicted octanol–water partition coefficient (Wildman–Crippen LogP) is 5.41. The largest absolute Gasteiger partial charge is 0.456 e. The average molecular weight is 401 g/mol. The zero-order valence-corrected chi connectivity index (χ0v) is 18.2. The molecule has 0 spiro atoms. The zero-order chi connectivity index (χ0) is 21.0. The van der Waals surface area contributed by atoms with Crippen LogP contribution in [0, 0.1) is 5.92 Å². The molecular weight excluding hydrogens is 376 g/mol. The van der Waals surface area contributed by atoms with Gasteiger partial charge in [-0.25, -0.2) is 0 Å². The minimum Gasteiger partial charge on any atom is -0.456 e. The number of rotatable bonds is 3. The first kappa shape index (κ1) is 18.7. The Morgan fingerprint density at radius 2 is 1.55 bits per heavy atom. The lowest BCUT2D eigenvalue weighted by Crippen LogP contribution is -2.35. The molecule has 1 saturated carbocycles. The Morgan fingerprint density at radius 1 is 0.806 bits per heavy atom. The summed E-state index contributed by atoms with van der Waals surface area (Å²) in [6.07, 6.45) is 7.39. The number of hydrogen-bond acceptors (Lipinski definition) is 2. The number of nitrogens with zero attached hydrogens (tertiary/aromatic N) is 1. The van der Waals surface area contributed by atoms with Crippen molar-refractivity contribution in [2.45, 2.75) is 30.9 Å². The maximum Gasteiger partial charge on any atom is 0.136 e. The molecule has 1 aliphatic carbocycles. The van der Waals surface area contributed by atoms with E-state index in [1.165, 1.54) is 42.0 Å². The summed E-state index contributed by atoms with van der Waals surface area (Å²) in [7, 11) is 4.81. The number of hydrogen-bond donors (Lipinski definition) is 0. The van der Waals surface area contributed by atoms with Crippen LogP contribution in [-0.2, 0) is 5.21 Å². The van der Waals surface area contributed by atoms with Gasteiger partial charge >= 0.3 is 0 Å². The molecule has 2 aromatic heterocycles. The van der Waals surface area contributed by atoms with Gasteiger partial charge in [-0.2, -0.15) is 0 Å². The van der Waals surface area contributed by atoms with Gasteiger partial charge in [0.2, 0.25) is 0 Å². The fourth-order valence-corrected chi connectivity index (χ4v) is 5.49. The summed E-state index contributed by atoms with van der Waals surface area (Å²) in [5.74, 6) is 0.760. The Bertz CT molecular complexity index is 1430. The third-order valence-electron chi connectivity index (χ3n) is 7.51. The van der Waals surface area contributed by atoms with E-state index in [-0.39, 0.29) is 5.21 Å². The highest BCUT2D eigenvalue weighted by atomic mass is 16.3. The lowest BCUT2D eigenvalue weighted by atomic mass is 9.45. The number of benzene rings is 3. The molecule has 0 amide bonds. The van der Waals surface area contributed by atoms with Crippen LogP contribution < -0.4 is 0 Å². The highest BCUT2D eigenvalue weighted by Crippen LogP contribution is 2.39. The van der Waals surface area contributed by atoms with Gasteiger partial charge in [-0.1, -0.05) is 60.7 Å². The van der Waals surface area contributed by atoms with Crippen LogP contribution in [0.3, 0.4) is 0 Å². The van der Waals surface area contributed by atoms with Gasteiger partial charge < -0.3 is 4.42 Å². The molecule has 0 aliphatic heterocycles. The molecule has 0 radical (unpaired) electrons. The van der Waals surface area contributed by atoms with Crippen LogP contribution in [-0.4, -0.2) is 20.7 Å². The second-order valence-corrected chi connectivity index (χ2v) is 9.64. The maximum atomic E-state index is 6.18. The van der Waals surface area contributed by atoms with Crippen molar-refractivity contribution >= 4 is 48.4 Å². The lowest BCUT2D eigenvalue weighted by Gasteiger charge is -2.32. The normalized spacial score (nSPS) is 15.4. The first-order valence-electron chi connectivity index (χ1n) is 11.4. The Hall–Kier alpha value is -3.00. The molecule has 2 heterocycles. The van der Waals surface area contributed by atoms with Gasteiger partial charge in [-0.05, 0) is 59.2 Å². The van der Waals surface area contributed by atoms with Crippen molar-refractivity contribution in [3.8, 4) is 11.3 Å². The standard InChI is InChI=1S/C27H25B2NO/c28-27(29,20-7-3-4-8-20)21-11-12-30-24(16-21)19-9-10-25-22(14-19)23-13-17-5-1-2-6-18(17)15-26(23)31-25/h1-2,5-6,9-16,20H,3-4,7-8,28-29H2. The van der Waals surface area contributed by atoms with Gasteiger partial charge in [0.15, 0.2) is 0 Å². The Balaban J connectivity index is 1.47. The van der Waals surface area contributed by atoms with Crippen molar-refractivity contribution in [3.05, 3.63) is 78.5 Å². The van der Waals surface area contributed by atoms with Crippen LogP contribution in [0.5, 0.6) is 0 Å². The SMILES string of the molecule is BC(B)(c1ccnc(-c2ccc3oc4cc5ccccc5cc4c3c2)c1)C1CCCC1. The van der Waals surface area contributed by atoms with Gasteiger partial charge in [0.25, 0.3) is 0 Å². The molecule has 4 heteroatoms. The van der Waals surface area contributed by atoms with E-state index in [0.29, 0.717) is 0 Å². The van der Waals surface area contributed by atoms with Crippen molar-refractivity contribution in [2.24, 2.45) is 5.92 Å². The fraction of sp³-hybridized carbons (Fsp3) is 0.222. The van der Waals surface area contributed by atoms with E-state index in [9.17, 15) is 0 Å². The van der Waals surface area contributed by atoms with Crippen LogP contribution in [0.25, 0.3) is 44.0 Å². The molecule has 0 atom stereocenters. The van der Waals surface area contributed by atoms with E-state index in [1.54, 1.807) is 0 Å². The van der Waals surface area contributed by atoms with Crippen LogP contribution >= 0.6 is 0 Å². The second-order valence-electron chi connectivity index (χ2n) is 9.64. The van der Waals surface area contributed by atoms with E-state index in [2.05, 4.69) is 82.4 Å². The minimum absolute atomic E-state index is 0.180. The summed E-state index contributed by atoms with van der Waals surface area (Å²) in [5.41, 5.74) is 5.45. The molecule has 0 bridgehead atoms. The Labute approximate surface area is 184 Å². The van der Waals surface area contributed by atoms with Crippen LogP contribution in [0.15, 0.2) is 77.3 Å². The molecule has 31 heavy (non-hydrogen) atoms. The van der Waals surface area contributed by atoms with Crippen LogP contribution in [0.4, 0.5) is 0 Å². The molecule has 0 unspecified atom stereocenters. The van der Waals surface area contributed by atoms with Crippen LogP contribution in [0.2, 0.25) is 0 Å². The first-order chi connectivity index (χ1) is 15.1. The lowest BCUT2D eigenvalue weighted by molar-refractivity contribution is 0.486. The monoisotopic (exact) mass is 401 g/mol. The van der Waals surface area contributed by atoms with E-state index >= 15 is 0 Å². The number of aromatic nitrogens is 1. The first-order valence-corrected chi connectivity index (χ1v) is 11.4. The van der Waals surface area contributed by atoms with Crippen molar-refractivity contribution in [2.75, 3.05) is 0 Å². The van der Waals surface area contributed by atoms with Crippen LogP contribution in [0.1, 0.15) is 31.2 Å². The zero-order valence-electron chi connectivity index (χ0n) is 18.2. The summed E-state index contributed by atoms with van der Waals surface area (Å²) < 4.78 is 6.18. The molecule has 6 rings (SSSR count). The highest BCUT2D eigenvalue weighted by Gasteiger charge is 2.33. The van der Waals surface area contributed by atoms with Gasteiger partial charge in [0, 0.05) is 22.5 Å². The molecule has 0 N–H and O–H groups in total. The molecule has 3 aromatic carbocycles. The number of fused-ring (bicyclic) bond motifs is 4. The molecule has 0 saturated heterocycles. The van der Waals surface area contributed by atoms with Gasteiger partial charge in [-0.15, -0.1) is 0 Å². The fourth-order valence-electron chi connectivity index (χ4n) is 5.49. The molecular formula is C27H25B2NO. The van der Waals surface area contributed by atoms with E-state index in [4.69, 9.17) is 9.40 Å².